The number of halogens is 1. The minimum Gasteiger partial charge on any atom is -0.480 e. The molecule has 1 aliphatic carbocycles. The lowest BCUT2D eigenvalue weighted by Crippen LogP contribution is -2.44. The molecule has 1 atom stereocenters. The summed E-state index contributed by atoms with van der Waals surface area (Å²) in [6.45, 7) is 0. The van der Waals surface area contributed by atoms with E-state index in [-0.39, 0.29) is 5.92 Å². The molecule has 1 unspecified atom stereocenters. The smallest absolute Gasteiger partial charge is 0.326 e. The van der Waals surface area contributed by atoms with Crippen LogP contribution in [-0.4, -0.2) is 23.1 Å². The zero-order valence-corrected chi connectivity index (χ0v) is 12.0. The summed E-state index contributed by atoms with van der Waals surface area (Å²) in [5.74, 6) is -1.04. The van der Waals surface area contributed by atoms with Gasteiger partial charge in [0, 0.05) is 4.47 Å². The van der Waals surface area contributed by atoms with Gasteiger partial charge in [-0.1, -0.05) is 15.9 Å². The van der Waals surface area contributed by atoms with E-state index in [1.165, 1.54) is 0 Å². The highest BCUT2D eigenvalue weighted by Crippen LogP contribution is 2.32. The number of carboxylic acids is 1. The van der Waals surface area contributed by atoms with Crippen LogP contribution in [0.5, 0.6) is 0 Å². The molecule has 1 aliphatic rings. The molecule has 20 heavy (non-hydrogen) atoms. The molecule has 1 fully saturated rings. The third-order valence-corrected chi connectivity index (χ3v) is 3.49. The van der Waals surface area contributed by atoms with Crippen LogP contribution in [0.25, 0.3) is 0 Å². The number of carbonyl (C=O) groups is 2. The summed E-state index contributed by atoms with van der Waals surface area (Å²) in [4.78, 5) is 22.8. The number of carbonyl (C=O) groups excluding carboxylic acids is 1. The molecular weight excluding hydrogens is 326 g/mol. The van der Waals surface area contributed by atoms with E-state index >= 15 is 0 Å². The Hall–Kier alpha value is -2.07. The molecule has 2 rings (SSSR count). The van der Waals surface area contributed by atoms with E-state index in [2.05, 4.69) is 26.6 Å². The molecule has 0 saturated heterocycles. The normalized spacial score (nSPS) is 15.0. The van der Waals surface area contributed by atoms with Crippen molar-refractivity contribution in [2.75, 3.05) is 5.32 Å². The maximum Gasteiger partial charge on any atom is 0.326 e. The van der Waals surface area contributed by atoms with Crippen LogP contribution in [0.3, 0.4) is 0 Å². The summed E-state index contributed by atoms with van der Waals surface area (Å²) in [6, 6.07) is 5.30. The fraction of sp³-hybridized carbons (Fsp3) is 0.308. The van der Waals surface area contributed by atoms with Gasteiger partial charge in [-0.05, 0) is 37.0 Å². The Morgan fingerprint density at radius 2 is 2.15 bits per heavy atom. The third kappa shape index (κ3) is 3.48. The topological polar surface area (TPSA) is 102 Å². The Bertz CT molecular complexity index is 593. The van der Waals surface area contributed by atoms with Crippen molar-refractivity contribution < 1.29 is 14.7 Å². The molecule has 2 amide bonds. The molecule has 0 heterocycles. The molecule has 0 bridgehead atoms. The molecule has 0 aromatic heterocycles. The first-order valence-electron chi connectivity index (χ1n) is 6.01. The highest BCUT2D eigenvalue weighted by Gasteiger charge is 2.37. The number of urea groups is 1. The van der Waals surface area contributed by atoms with Crippen LogP contribution in [0, 0.1) is 17.2 Å². The summed E-state index contributed by atoms with van der Waals surface area (Å²) in [6.07, 6.45) is 1.61. The number of aliphatic carboxylic acids is 1. The Morgan fingerprint density at radius 3 is 2.70 bits per heavy atom. The van der Waals surface area contributed by atoms with Crippen LogP contribution < -0.4 is 10.6 Å². The number of nitriles is 1. The molecule has 0 radical (unpaired) electrons. The third-order valence-electron chi connectivity index (χ3n) is 3.00. The van der Waals surface area contributed by atoms with Gasteiger partial charge in [-0.2, -0.15) is 5.26 Å². The van der Waals surface area contributed by atoms with Gasteiger partial charge in [-0.25, -0.2) is 9.59 Å². The largest absolute Gasteiger partial charge is 0.480 e. The fourth-order valence-electron chi connectivity index (χ4n) is 1.83. The fourth-order valence-corrected chi connectivity index (χ4v) is 2.19. The van der Waals surface area contributed by atoms with Crippen molar-refractivity contribution in [1.29, 1.82) is 5.26 Å². The Balaban J connectivity index is 2.04. The molecule has 1 aromatic rings. The van der Waals surface area contributed by atoms with E-state index in [4.69, 9.17) is 10.4 Å². The molecule has 3 N–H and O–H groups in total. The number of nitrogens with one attached hydrogen (secondary N) is 2. The van der Waals surface area contributed by atoms with Crippen molar-refractivity contribution in [3.05, 3.63) is 28.2 Å². The van der Waals surface area contributed by atoms with E-state index in [0.717, 1.165) is 17.3 Å². The van der Waals surface area contributed by atoms with E-state index in [1.54, 1.807) is 18.2 Å². The van der Waals surface area contributed by atoms with Crippen molar-refractivity contribution in [2.45, 2.75) is 18.9 Å². The molecular formula is C13H12BrN3O3. The van der Waals surface area contributed by atoms with Gasteiger partial charge in [0.25, 0.3) is 0 Å². The summed E-state index contributed by atoms with van der Waals surface area (Å²) in [7, 11) is 0. The lowest BCUT2D eigenvalue weighted by Gasteiger charge is -2.14. The zero-order chi connectivity index (χ0) is 14.7. The van der Waals surface area contributed by atoms with Gasteiger partial charge >= 0.3 is 12.0 Å². The Morgan fingerprint density at radius 1 is 1.45 bits per heavy atom. The highest BCUT2D eigenvalue weighted by atomic mass is 79.9. The van der Waals surface area contributed by atoms with E-state index in [9.17, 15) is 9.59 Å². The van der Waals surface area contributed by atoms with Crippen molar-refractivity contribution in [3.63, 3.8) is 0 Å². The summed E-state index contributed by atoms with van der Waals surface area (Å²) in [5, 5.41) is 22.9. The van der Waals surface area contributed by atoms with Gasteiger partial charge in [0.05, 0.1) is 11.3 Å². The van der Waals surface area contributed by atoms with Gasteiger partial charge in [-0.15, -0.1) is 0 Å². The second-order valence-electron chi connectivity index (χ2n) is 4.55. The number of carboxylic acid groups (broad SMARTS) is 1. The lowest BCUT2D eigenvalue weighted by molar-refractivity contribution is -0.139. The number of anilines is 1. The Kier molecular flexibility index (Phi) is 4.25. The quantitative estimate of drug-likeness (QED) is 0.784. The number of rotatable bonds is 4. The number of amides is 2. The van der Waals surface area contributed by atoms with Gasteiger partial charge < -0.3 is 15.7 Å². The van der Waals surface area contributed by atoms with Crippen LogP contribution >= 0.6 is 15.9 Å². The average Bonchev–Trinajstić information content (AvgIpc) is 3.22. The van der Waals surface area contributed by atoms with E-state index in [1.807, 2.05) is 6.07 Å². The van der Waals surface area contributed by atoms with E-state index < -0.39 is 18.0 Å². The standard InChI is InChI=1S/C13H12BrN3O3/c14-9-3-4-10(8(5-9)6-15)16-13(20)17-11(12(18)19)7-1-2-7/h3-5,7,11H,1-2H2,(H,18,19)(H2,16,17,20). The van der Waals surface area contributed by atoms with Crippen LogP contribution in [-0.2, 0) is 4.79 Å². The van der Waals surface area contributed by atoms with E-state index in [0.29, 0.717) is 11.3 Å². The highest BCUT2D eigenvalue weighted by molar-refractivity contribution is 9.10. The minimum absolute atomic E-state index is 0.00129. The first-order chi connectivity index (χ1) is 9.51. The first kappa shape index (κ1) is 14.3. The SMILES string of the molecule is N#Cc1cc(Br)ccc1NC(=O)NC(C(=O)O)C1CC1. The van der Waals surface area contributed by atoms with Gasteiger partial charge in [-0.3, -0.25) is 0 Å². The second kappa shape index (κ2) is 5.92. The predicted molar refractivity (Wildman–Crippen MR) is 75.2 cm³/mol. The van der Waals surface area contributed by atoms with Crippen molar-refractivity contribution in [1.82, 2.24) is 5.32 Å². The molecule has 104 valence electrons. The average molecular weight is 338 g/mol. The monoisotopic (exact) mass is 337 g/mol. The maximum absolute atomic E-state index is 11.8. The van der Waals surface area contributed by atoms with Gasteiger partial charge in [0.1, 0.15) is 12.1 Å². The predicted octanol–water partition coefficient (Wildman–Crippen LogP) is 2.31. The second-order valence-corrected chi connectivity index (χ2v) is 5.47. The van der Waals surface area contributed by atoms with Crippen LogP contribution in [0.15, 0.2) is 22.7 Å². The minimum atomic E-state index is -1.04. The molecule has 1 aromatic carbocycles. The molecule has 0 spiro atoms. The first-order valence-corrected chi connectivity index (χ1v) is 6.80. The molecule has 6 nitrogen and oxygen atoms in total. The summed E-state index contributed by atoms with van der Waals surface area (Å²) in [5.41, 5.74) is 0.640. The van der Waals surface area contributed by atoms with Crippen LogP contribution in [0.4, 0.5) is 10.5 Å². The van der Waals surface area contributed by atoms with Gasteiger partial charge in [0.15, 0.2) is 0 Å². The maximum atomic E-state index is 11.8. The number of hydrogen-bond acceptors (Lipinski definition) is 3. The molecule has 7 heteroatoms. The number of hydrogen-bond donors (Lipinski definition) is 3. The van der Waals surface area contributed by atoms with Crippen molar-refractivity contribution in [3.8, 4) is 6.07 Å². The van der Waals surface area contributed by atoms with Crippen LogP contribution in [0.1, 0.15) is 18.4 Å². The summed E-state index contributed by atoms with van der Waals surface area (Å²) < 4.78 is 0.724. The van der Waals surface area contributed by atoms with Crippen molar-refractivity contribution in [2.24, 2.45) is 5.92 Å². The zero-order valence-electron chi connectivity index (χ0n) is 10.4. The summed E-state index contributed by atoms with van der Waals surface area (Å²) >= 11 is 3.23. The molecule has 0 aliphatic heterocycles. The Labute approximate surface area is 123 Å². The number of benzene rings is 1. The van der Waals surface area contributed by atoms with Gasteiger partial charge in [0.2, 0.25) is 0 Å². The lowest BCUT2D eigenvalue weighted by atomic mass is 10.2. The van der Waals surface area contributed by atoms with Crippen molar-refractivity contribution >= 4 is 33.6 Å². The van der Waals surface area contributed by atoms with Crippen LogP contribution in [0.2, 0.25) is 0 Å². The molecule has 1 saturated carbocycles. The number of nitrogens with zero attached hydrogens (tertiary/aromatic N) is 1.